The van der Waals surface area contributed by atoms with Crippen LogP contribution in [-0.4, -0.2) is 23.4 Å². The van der Waals surface area contributed by atoms with Gasteiger partial charge in [0.15, 0.2) is 5.54 Å². The Labute approximate surface area is 159 Å². The highest BCUT2D eigenvalue weighted by atomic mass is 16.5. The molecule has 140 valence electrons. The van der Waals surface area contributed by atoms with E-state index in [-0.39, 0.29) is 23.9 Å². The third-order valence-corrected chi connectivity index (χ3v) is 5.42. The topological polar surface area (TPSA) is 58.6 Å². The number of hydrogen-bond donors (Lipinski definition) is 1. The summed E-state index contributed by atoms with van der Waals surface area (Å²) in [6.45, 7) is 7.14. The molecule has 1 fully saturated rings. The minimum Gasteiger partial charge on any atom is -0.493 e. The van der Waals surface area contributed by atoms with E-state index in [1.807, 2.05) is 36.4 Å². The number of imide groups is 1. The fraction of sp³-hybridized carbons (Fsp3) is 0.364. The first-order valence-corrected chi connectivity index (χ1v) is 9.27. The number of amides is 3. The van der Waals surface area contributed by atoms with E-state index in [0.717, 1.165) is 11.1 Å². The average Bonchev–Trinajstić information content (AvgIpc) is 2.87. The van der Waals surface area contributed by atoms with Crippen molar-refractivity contribution in [3.63, 3.8) is 0 Å². The van der Waals surface area contributed by atoms with Crippen molar-refractivity contribution in [3.8, 4) is 5.75 Å². The number of rotatable bonds is 2. The quantitative estimate of drug-likeness (QED) is 0.827. The molecule has 0 aliphatic carbocycles. The molecule has 2 aliphatic rings. The Kier molecular flexibility index (Phi) is 3.98. The molecule has 3 amide bonds. The number of para-hydroxylation sites is 1. The predicted octanol–water partition coefficient (Wildman–Crippen LogP) is 3.71. The Balaban J connectivity index is 1.61. The number of nitrogens with one attached hydrogen (secondary N) is 1. The van der Waals surface area contributed by atoms with Gasteiger partial charge in [0, 0.05) is 12.0 Å². The second kappa shape index (κ2) is 6.12. The van der Waals surface area contributed by atoms with Crippen LogP contribution in [0.1, 0.15) is 43.9 Å². The van der Waals surface area contributed by atoms with E-state index in [1.165, 1.54) is 10.5 Å². The summed E-state index contributed by atoms with van der Waals surface area (Å²) in [6.07, 6.45) is 0.439. The fourth-order valence-electron chi connectivity index (χ4n) is 3.81. The molecule has 1 saturated heterocycles. The molecule has 0 radical (unpaired) electrons. The third-order valence-electron chi connectivity index (χ3n) is 5.42. The number of fused-ring (bicyclic) bond motifs is 2. The Morgan fingerprint density at radius 2 is 1.78 bits per heavy atom. The number of carbonyl (C=O) groups excluding carboxylic acids is 2. The highest BCUT2D eigenvalue weighted by Crippen LogP contribution is 2.41. The van der Waals surface area contributed by atoms with Crippen LogP contribution in [0, 0.1) is 0 Å². The highest BCUT2D eigenvalue weighted by Gasteiger charge is 2.54. The van der Waals surface area contributed by atoms with Crippen LogP contribution in [0.3, 0.4) is 0 Å². The fourth-order valence-corrected chi connectivity index (χ4v) is 3.81. The molecule has 2 aliphatic heterocycles. The van der Waals surface area contributed by atoms with Gasteiger partial charge in [0.2, 0.25) is 0 Å². The van der Waals surface area contributed by atoms with E-state index in [2.05, 4.69) is 38.2 Å². The van der Waals surface area contributed by atoms with Gasteiger partial charge in [-0.1, -0.05) is 63.2 Å². The van der Waals surface area contributed by atoms with Crippen molar-refractivity contribution in [3.05, 3.63) is 65.2 Å². The van der Waals surface area contributed by atoms with E-state index in [1.54, 1.807) is 0 Å². The van der Waals surface area contributed by atoms with Crippen LogP contribution in [-0.2, 0) is 22.3 Å². The van der Waals surface area contributed by atoms with Gasteiger partial charge in [-0.05, 0) is 22.6 Å². The molecule has 1 spiro atoms. The Morgan fingerprint density at radius 3 is 2.48 bits per heavy atom. The van der Waals surface area contributed by atoms with Crippen LogP contribution in [0.15, 0.2) is 48.5 Å². The molecule has 27 heavy (non-hydrogen) atoms. The summed E-state index contributed by atoms with van der Waals surface area (Å²) in [6, 6.07) is 15.2. The third kappa shape index (κ3) is 2.87. The average molecular weight is 364 g/mol. The molecule has 2 aromatic carbocycles. The zero-order valence-corrected chi connectivity index (χ0v) is 15.9. The number of benzene rings is 2. The molecule has 1 atom stereocenters. The zero-order chi connectivity index (χ0) is 19.2. The summed E-state index contributed by atoms with van der Waals surface area (Å²) < 4.78 is 5.67. The standard InChI is InChI=1S/C22H24N2O3/c1-21(2,3)16-10-8-15(9-11-16)14-24-19(25)22(23-20(24)26)12-13-27-18-7-5-4-6-17(18)22/h4-11H,12-14H2,1-3H3,(H,23,26)/t22-/m0/s1. The summed E-state index contributed by atoms with van der Waals surface area (Å²) >= 11 is 0. The minimum atomic E-state index is -1.02. The summed E-state index contributed by atoms with van der Waals surface area (Å²) in [5.74, 6) is 0.455. The summed E-state index contributed by atoms with van der Waals surface area (Å²) in [4.78, 5) is 27.2. The van der Waals surface area contributed by atoms with E-state index in [4.69, 9.17) is 4.74 Å². The van der Waals surface area contributed by atoms with E-state index >= 15 is 0 Å². The molecular formula is C22H24N2O3. The van der Waals surface area contributed by atoms with Crippen molar-refractivity contribution >= 4 is 11.9 Å². The maximum atomic E-state index is 13.3. The van der Waals surface area contributed by atoms with Crippen LogP contribution >= 0.6 is 0 Å². The molecule has 5 nitrogen and oxygen atoms in total. The van der Waals surface area contributed by atoms with Crippen LogP contribution in [0.2, 0.25) is 0 Å². The van der Waals surface area contributed by atoms with Crippen LogP contribution in [0.25, 0.3) is 0 Å². The molecular weight excluding hydrogens is 340 g/mol. The first kappa shape index (κ1) is 17.6. The molecule has 0 aromatic heterocycles. The van der Waals surface area contributed by atoms with Gasteiger partial charge in [-0.2, -0.15) is 0 Å². The molecule has 2 aromatic rings. The molecule has 4 rings (SSSR count). The second-order valence-electron chi connectivity index (χ2n) is 8.27. The highest BCUT2D eigenvalue weighted by molar-refractivity contribution is 6.07. The zero-order valence-electron chi connectivity index (χ0n) is 15.9. The molecule has 1 N–H and O–H groups in total. The van der Waals surface area contributed by atoms with Gasteiger partial charge in [0.25, 0.3) is 5.91 Å². The lowest BCUT2D eigenvalue weighted by Gasteiger charge is -2.33. The molecule has 0 bridgehead atoms. The molecule has 0 saturated carbocycles. The molecule has 5 heteroatoms. The van der Waals surface area contributed by atoms with Crippen molar-refractivity contribution in [2.24, 2.45) is 0 Å². The van der Waals surface area contributed by atoms with Crippen LogP contribution in [0.4, 0.5) is 4.79 Å². The Morgan fingerprint density at radius 1 is 1.07 bits per heavy atom. The first-order valence-electron chi connectivity index (χ1n) is 9.27. The second-order valence-corrected chi connectivity index (χ2v) is 8.27. The van der Waals surface area contributed by atoms with Gasteiger partial charge in [-0.25, -0.2) is 4.79 Å². The van der Waals surface area contributed by atoms with Gasteiger partial charge in [-0.15, -0.1) is 0 Å². The summed E-state index contributed by atoms with van der Waals surface area (Å²) in [5, 5.41) is 2.94. The number of hydrogen-bond acceptors (Lipinski definition) is 3. The molecule has 2 heterocycles. The smallest absolute Gasteiger partial charge is 0.325 e. The lowest BCUT2D eigenvalue weighted by atomic mass is 9.84. The monoisotopic (exact) mass is 364 g/mol. The van der Waals surface area contributed by atoms with Gasteiger partial charge in [0.05, 0.1) is 13.2 Å². The summed E-state index contributed by atoms with van der Waals surface area (Å²) in [7, 11) is 0. The van der Waals surface area contributed by atoms with Gasteiger partial charge in [-0.3, -0.25) is 9.69 Å². The largest absolute Gasteiger partial charge is 0.493 e. The Bertz CT molecular complexity index is 899. The van der Waals surface area contributed by atoms with Gasteiger partial charge >= 0.3 is 6.03 Å². The minimum absolute atomic E-state index is 0.0647. The van der Waals surface area contributed by atoms with E-state index in [0.29, 0.717) is 18.8 Å². The van der Waals surface area contributed by atoms with E-state index < -0.39 is 5.54 Å². The van der Waals surface area contributed by atoms with Crippen LogP contribution < -0.4 is 10.1 Å². The maximum Gasteiger partial charge on any atom is 0.325 e. The number of ether oxygens (including phenoxy) is 1. The van der Waals surface area contributed by atoms with Crippen molar-refractivity contribution in [2.45, 2.75) is 44.7 Å². The van der Waals surface area contributed by atoms with Crippen molar-refractivity contribution < 1.29 is 14.3 Å². The summed E-state index contributed by atoms with van der Waals surface area (Å²) in [5.41, 5.74) is 1.94. The SMILES string of the molecule is CC(C)(C)c1ccc(CN2C(=O)N[C@]3(CCOc4ccccc43)C2=O)cc1. The number of nitrogens with zero attached hydrogens (tertiary/aromatic N) is 1. The first-order chi connectivity index (χ1) is 12.8. The van der Waals surface area contributed by atoms with E-state index in [9.17, 15) is 9.59 Å². The van der Waals surface area contributed by atoms with Gasteiger partial charge in [0.1, 0.15) is 5.75 Å². The van der Waals surface area contributed by atoms with Crippen LogP contribution in [0.5, 0.6) is 5.75 Å². The van der Waals surface area contributed by atoms with Crippen molar-refractivity contribution in [1.82, 2.24) is 10.2 Å². The Hall–Kier alpha value is -2.82. The number of urea groups is 1. The number of carbonyl (C=O) groups is 2. The lowest BCUT2D eigenvalue weighted by molar-refractivity contribution is -0.133. The van der Waals surface area contributed by atoms with Gasteiger partial charge < -0.3 is 10.1 Å². The van der Waals surface area contributed by atoms with Crippen molar-refractivity contribution in [2.75, 3.05) is 6.61 Å². The normalized spacial score (nSPS) is 21.8. The molecule has 0 unspecified atom stereocenters. The lowest BCUT2D eigenvalue weighted by Crippen LogP contribution is -2.47. The predicted molar refractivity (Wildman–Crippen MR) is 102 cm³/mol. The van der Waals surface area contributed by atoms with Crippen molar-refractivity contribution in [1.29, 1.82) is 0 Å². The maximum absolute atomic E-state index is 13.3.